The fraction of sp³-hybridized carbons (Fsp3) is 0.143. The Hall–Kier alpha value is -2.55. The van der Waals surface area contributed by atoms with Crippen LogP contribution in [0.4, 0.5) is 13.2 Å². The fourth-order valence-electron chi connectivity index (χ4n) is 3.55. The molecule has 3 heteroatoms. The lowest BCUT2D eigenvalue weighted by molar-refractivity contribution is -0.137. The van der Waals surface area contributed by atoms with Crippen LogP contribution in [0.25, 0.3) is 11.1 Å². The second kappa shape index (κ2) is 5.52. The number of fused-ring (bicyclic) bond motifs is 3. The molecule has 0 heterocycles. The molecule has 0 N–H and O–H groups in total. The molecular weight excluding hydrogens is 309 g/mol. The number of benzene rings is 3. The van der Waals surface area contributed by atoms with E-state index in [0.717, 1.165) is 5.56 Å². The Morgan fingerprint density at radius 2 is 1.17 bits per heavy atom. The molecule has 120 valence electrons. The number of hydrogen-bond acceptors (Lipinski definition) is 0. The van der Waals surface area contributed by atoms with Gasteiger partial charge in [-0.25, -0.2) is 0 Å². The molecule has 0 saturated carbocycles. The maximum absolute atomic E-state index is 12.7. The van der Waals surface area contributed by atoms with Gasteiger partial charge in [0.25, 0.3) is 0 Å². The summed E-state index contributed by atoms with van der Waals surface area (Å²) in [5.41, 5.74) is 5.27. The molecule has 0 bridgehead atoms. The molecule has 0 atom stereocenters. The average Bonchev–Trinajstić information content (AvgIpc) is 2.89. The zero-order valence-electron chi connectivity index (χ0n) is 12.8. The van der Waals surface area contributed by atoms with Crippen LogP contribution in [0.3, 0.4) is 0 Å². The molecule has 0 unspecified atom stereocenters. The number of alkyl halides is 3. The van der Waals surface area contributed by atoms with E-state index in [-0.39, 0.29) is 5.92 Å². The Morgan fingerprint density at radius 1 is 0.667 bits per heavy atom. The van der Waals surface area contributed by atoms with Gasteiger partial charge in [0.05, 0.1) is 5.56 Å². The Balaban J connectivity index is 1.70. The number of hydrogen-bond donors (Lipinski definition) is 0. The van der Waals surface area contributed by atoms with Crippen molar-refractivity contribution in [2.75, 3.05) is 0 Å². The molecule has 0 aliphatic heterocycles. The Labute approximate surface area is 138 Å². The minimum absolute atomic E-state index is 0.189. The van der Waals surface area contributed by atoms with Crippen molar-refractivity contribution >= 4 is 0 Å². The van der Waals surface area contributed by atoms with Gasteiger partial charge in [0.1, 0.15) is 0 Å². The summed E-state index contributed by atoms with van der Waals surface area (Å²) in [7, 11) is 0. The lowest BCUT2D eigenvalue weighted by Crippen LogP contribution is -2.06. The monoisotopic (exact) mass is 324 g/mol. The predicted octanol–water partition coefficient (Wildman–Crippen LogP) is 6.06. The van der Waals surface area contributed by atoms with Gasteiger partial charge >= 0.3 is 6.18 Å². The van der Waals surface area contributed by atoms with E-state index in [1.807, 2.05) is 24.3 Å². The van der Waals surface area contributed by atoms with E-state index in [0.29, 0.717) is 6.42 Å². The summed E-state index contributed by atoms with van der Waals surface area (Å²) in [5.74, 6) is 0.189. The molecule has 4 rings (SSSR count). The smallest absolute Gasteiger partial charge is 0.166 e. The Bertz CT molecular complexity index is 831. The second-order valence-corrected chi connectivity index (χ2v) is 6.13. The molecule has 3 aromatic carbocycles. The van der Waals surface area contributed by atoms with Crippen LogP contribution in [0, 0.1) is 0 Å². The van der Waals surface area contributed by atoms with Crippen molar-refractivity contribution < 1.29 is 13.2 Å². The first-order chi connectivity index (χ1) is 11.5. The van der Waals surface area contributed by atoms with E-state index in [9.17, 15) is 13.2 Å². The van der Waals surface area contributed by atoms with Gasteiger partial charge in [0.2, 0.25) is 0 Å². The Morgan fingerprint density at radius 3 is 1.67 bits per heavy atom. The summed E-state index contributed by atoms with van der Waals surface area (Å²) in [5, 5.41) is 0. The van der Waals surface area contributed by atoms with Crippen molar-refractivity contribution in [3.8, 4) is 11.1 Å². The fourth-order valence-corrected chi connectivity index (χ4v) is 3.55. The van der Waals surface area contributed by atoms with Gasteiger partial charge in [-0.3, -0.25) is 0 Å². The molecule has 0 nitrogen and oxygen atoms in total. The van der Waals surface area contributed by atoms with Gasteiger partial charge in [-0.15, -0.1) is 0 Å². The van der Waals surface area contributed by atoms with E-state index in [1.165, 1.54) is 34.4 Å². The largest absolute Gasteiger partial charge is 0.416 e. The maximum Gasteiger partial charge on any atom is 0.416 e. The van der Waals surface area contributed by atoms with Crippen molar-refractivity contribution in [1.29, 1.82) is 0 Å². The number of halogens is 3. The first-order valence-electron chi connectivity index (χ1n) is 7.88. The molecule has 1 aliphatic carbocycles. The molecule has 24 heavy (non-hydrogen) atoms. The molecule has 0 amide bonds. The van der Waals surface area contributed by atoms with E-state index in [1.54, 1.807) is 12.1 Å². The van der Waals surface area contributed by atoms with Crippen LogP contribution >= 0.6 is 0 Å². The summed E-state index contributed by atoms with van der Waals surface area (Å²) in [6.07, 6.45) is -3.59. The third-order valence-corrected chi connectivity index (χ3v) is 4.68. The van der Waals surface area contributed by atoms with Crippen LogP contribution in [0.2, 0.25) is 0 Å². The molecule has 0 aromatic heterocycles. The SMILES string of the molecule is FC(F)(F)c1ccc(CC2c3ccccc3-c3ccccc32)cc1. The third kappa shape index (κ3) is 2.50. The van der Waals surface area contributed by atoms with Gasteiger partial charge in [-0.1, -0.05) is 60.7 Å². The summed E-state index contributed by atoms with van der Waals surface area (Å²) >= 11 is 0. The second-order valence-electron chi connectivity index (χ2n) is 6.13. The molecule has 1 aliphatic rings. The Kier molecular flexibility index (Phi) is 3.45. The highest BCUT2D eigenvalue weighted by Crippen LogP contribution is 2.46. The topological polar surface area (TPSA) is 0 Å². The highest BCUT2D eigenvalue weighted by molar-refractivity contribution is 5.78. The van der Waals surface area contributed by atoms with Gasteiger partial charge in [-0.05, 0) is 46.4 Å². The van der Waals surface area contributed by atoms with Crippen LogP contribution in [-0.2, 0) is 12.6 Å². The van der Waals surface area contributed by atoms with Crippen LogP contribution in [0.5, 0.6) is 0 Å². The van der Waals surface area contributed by atoms with Gasteiger partial charge in [-0.2, -0.15) is 13.2 Å². The van der Waals surface area contributed by atoms with E-state index in [4.69, 9.17) is 0 Å². The lowest BCUT2D eigenvalue weighted by atomic mass is 9.90. The minimum atomic E-state index is -4.29. The molecule has 0 spiro atoms. The van der Waals surface area contributed by atoms with Crippen molar-refractivity contribution in [3.05, 3.63) is 95.1 Å². The van der Waals surface area contributed by atoms with Gasteiger partial charge < -0.3 is 0 Å². The molecule has 0 radical (unpaired) electrons. The molecule has 0 saturated heterocycles. The third-order valence-electron chi connectivity index (χ3n) is 4.68. The van der Waals surface area contributed by atoms with Crippen LogP contribution < -0.4 is 0 Å². The predicted molar refractivity (Wildman–Crippen MR) is 88.9 cm³/mol. The first-order valence-corrected chi connectivity index (χ1v) is 7.88. The minimum Gasteiger partial charge on any atom is -0.166 e. The van der Waals surface area contributed by atoms with E-state index < -0.39 is 11.7 Å². The molecule has 0 fully saturated rings. The average molecular weight is 324 g/mol. The van der Waals surface area contributed by atoms with E-state index in [2.05, 4.69) is 24.3 Å². The van der Waals surface area contributed by atoms with E-state index >= 15 is 0 Å². The summed E-state index contributed by atoms with van der Waals surface area (Å²) in [6, 6.07) is 22.1. The van der Waals surface area contributed by atoms with Crippen LogP contribution in [0.15, 0.2) is 72.8 Å². The highest BCUT2D eigenvalue weighted by atomic mass is 19.4. The van der Waals surface area contributed by atoms with Crippen molar-refractivity contribution in [2.24, 2.45) is 0 Å². The zero-order chi connectivity index (χ0) is 16.7. The van der Waals surface area contributed by atoms with Crippen molar-refractivity contribution in [1.82, 2.24) is 0 Å². The normalized spacial score (nSPS) is 13.6. The maximum atomic E-state index is 12.7. The van der Waals surface area contributed by atoms with Crippen molar-refractivity contribution in [2.45, 2.75) is 18.5 Å². The summed E-state index contributed by atoms with van der Waals surface area (Å²) < 4.78 is 38.2. The van der Waals surface area contributed by atoms with Gasteiger partial charge in [0.15, 0.2) is 0 Å². The number of rotatable bonds is 2. The summed E-state index contributed by atoms with van der Waals surface area (Å²) in [6.45, 7) is 0. The quantitative estimate of drug-likeness (QED) is 0.537. The highest BCUT2D eigenvalue weighted by Gasteiger charge is 2.31. The van der Waals surface area contributed by atoms with Gasteiger partial charge in [0, 0.05) is 5.92 Å². The van der Waals surface area contributed by atoms with Crippen molar-refractivity contribution in [3.63, 3.8) is 0 Å². The molecule has 3 aromatic rings. The molecular formula is C21H15F3. The first kappa shape index (κ1) is 15.0. The zero-order valence-corrected chi connectivity index (χ0v) is 12.8. The summed E-state index contributed by atoms with van der Waals surface area (Å²) in [4.78, 5) is 0. The van der Waals surface area contributed by atoms with Crippen LogP contribution in [0.1, 0.15) is 28.2 Å². The lowest BCUT2D eigenvalue weighted by Gasteiger charge is -2.14. The standard InChI is InChI=1S/C21H15F3/c22-21(23,24)15-11-9-14(10-12-15)13-20-18-7-3-1-5-16(18)17-6-2-4-8-19(17)20/h1-12,20H,13H2. The van der Waals surface area contributed by atoms with Crippen LogP contribution in [-0.4, -0.2) is 0 Å².